The van der Waals surface area contributed by atoms with Crippen molar-refractivity contribution < 1.29 is 23.1 Å². The minimum absolute atomic E-state index is 0.0373. The molecule has 0 heterocycles. The van der Waals surface area contributed by atoms with E-state index in [0.29, 0.717) is 23.4 Å². The zero-order valence-corrected chi connectivity index (χ0v) is 17.3. The Hall–Kier alpha value is -3.94. The third-order valence-electron chi connectivity index (χ3n) is 4.55. The molecule has 0 fully saturated rings. The maximum atomic E-state index is 12.8. The third kappa shape index (κ3) is 6.80. The van der Waals surface area contributed by atoms with Crippen LogP contribution in [0, 0.1) is 0 Å². The molecule has 1 unspecified atom stereocenters. The summed E-state index contributed by atoms with van der Waals surface area (Å²) in [6.07, 6.45) is 0.347. The second kappa shape index (κ2) is 10.9. The molecule has 0 aliphatic carbocycles. The highest BCUT2D eigenvalue weighted by Gasteiger charge is 2.17. The number of ether oxygens (including phenoxy) is 1. The van der Waals surface area contributed by atoms with Crippen molar-refractivity contribution in [3.63, 3.8) is 0 Å². The van der Waals surface area contributed by atoms with E-state index in [9.17, 15) is 18.4 Å². The Morgan fingerprint density at radius 1 is 0.875 bits per heavy atom. The van der Waals surface area contributed by atoms with Gasteiger partial charge in [0, 0.05) is 23.4 Å². The van der Waals surface area contributed by atoms with Crippen LogP contribution >= 0.6 is 0 Å². The molecule has 0 aliphatic rings. The van der Waals surface area contributed by atoms with Gasteiger partial charge in [-0.2, -0.15) is 8.78 Å². The number of halogens is 2. The van der Waals surface area contributed by atoms with Crippen LogP contribution in [0.2, 0.25) is 0 Å². The molecule has 8 heteroatoms. The molecule has 32 heavy (non-hydrogen) atoms. The highest BCUT2D eigenvalue weighted by atomic mass is 19.3. The zero-order chi connectivity index (χ0) is 22.9. The quantitative estimate of drug-likeness (QED) is 0.461. The number of anilines is 2. The molecule has 166 valence electrons. The topological polar surface area (TPSA) is 79.5 Å². The van der Waals surface area contributed by atoms with Gasteiger partial charge in [-0.25, -0.2) is 4.79 Å². The van der Waals surface area contributed by atoms with E-state index in [4.69, 9.17) is 0 Å². The normalized spacial score (nSPS) is 11.5. The number of carbonyl (C=O) groups is 2. The van der Waals surface area contributed by atoms with E-state index in [0.717, 1.165) is 5.56 Å². The number of alkyl halides is 2. The van der Waals surface area contributed by atoms with Gasteiger partial charge in [0.25, 0.3) is 0 Å². The van der Waals surface area contributed by atoms with Crippen molar-refractivity contribution in [3.05, 3.63) is 90.0 Å². The largest absolute Gasteiger partial charge is 0.435 e. The lowest BCUT2D eigenvalue weighted by Gasteiger charge is -2.17. The van der Waals surface area contributed by atoms with Gasteiger partial charge >= 0.3 is 12.6 Å². The second-order valence-corrected chi connectivity index (χ2v) is 7.04. The van der Waals surface area contributed by atoms with E-state index >= 15 is 0 Å². The van der Waals surface area contributed by atoms with E-state index in [1.54, 1.807) is 37.3 Å². The second-order valence-electron chi connectivity index (χ2n) is 7.04. The summed E-state index contributed by atoms with van der Waals surface area (Å²) < 4.78 is 30.2. The lowest BCUT2D eigenvalue weighted by atomic mass is 10.0. The number of rotatable bonds is 8. The Bertz CT molecular complexity index is 1050. The van der Waals surface area contributed by atoms with Gasteiger partial charge in [-0.15, -0.1) is 0 Å². The van der Waals surface area contributed by atoms with Gasteiger partial charge in [-0.1, -0.05) is 48.5 Å². The highest BCUT2D eigenvalue weighted by Crippen LogP contribution is 2.27. The van der Waals surface area contributed by atoms with Gasteiger partial charge in [-0.3, -0.25) is 4.79 Å². The summed E-state index contributed by atoms with van der Waals surface area (Å²) in [6, 6.07) is 21.2. The highest BCUT2D eigenvalue weighted by molar-refractivity contribution is 5.99. The lowest BCUT2D eigenvalue weighted by molar-refractivity contribution is -0.117. The SMILES string of the molecule is CC(NC(=O)Nc1ccccc1)C(=O)Nc1ccc(OC(F)F)c(Cc2ccccc2)c1. The zero-order valence-electron chi connectivity index (χ0n) is 17.3. The maximum Gasteiger partial charge on any atom is 0.387 e. The molecule has 3 amide bonds. The summed E-state index contributed by atoms with van der Waals surface area (Å²) in [4.78, 5) is 24.6. The van der Waals surface area contributed by atoms with Crippen LogP contribution < -0.4 is 20.7 Å². The van der Waals surface area contributed by atoms with E-state index in [1.165, 1.54) is 12.1 Å². The van der Waals surface area contributed by atoms with Crippen LogP contribution in [0.25, 0.3) is 0 Å². The van der Waals surface area contributed by atoms with Gasteiger partial charge in [0.15, 0.2) is 0 Å². The van der Waals surface area contributed by atoms with E-state index in [2.05, 4.69) is 20.7 Å². The van der Waals surface area contributed by atoms with Crippen LogP contribution in [0.1, 0.15) is 18.1 Å². The number of hydrogen-bond donors (Lipinski definition) is 3. The number of urea groups is 1. The van der Waals surface area contributed by atoms with Crippen molar-refractivity contribution in [3.8, 4) is 5.75 Å². The summed E-state index contributed by atoms with van der Waals surface area (Å²) >= 11 is 0. The molecular formula is C24H23F2N3O3. The molecule has 0 radical (unpaired) electrons. The molecule has 3 aromatic carbocycles. The molecule has 0 saturated heterocycles. The molecule has 6 nitrogen and oxygen atoms in total. The van der Waals surface area contributed by atoms with Crippen molar-refractivity contribution in [2.75, 3.05) is 10.6 Å². The molecule has 1 atom stereocenters. The molecule has 3 N–H and O–H groups in total. The first-order chi connectivity index (χ1) is 15.4. The number of benzene rings is 3. The van der Waals surface area contributed by atoms with Gasteiger partial charge in [0.1, 0.15) is 11.8 Å². The number of hydrogen-bond acceptors (Lipinski definition) is 3. The smallest absolute Gasteiger partial charge is 0.387 e. The van der Waals surface area contributed by atoms with Crippen molar-refractivity contribution >= 4 is 23.3 Å². The fourth-order valence-electron chi connectivity index (χ4n) is 3.02. The Kier molecular flexibility index (Phi) is 7.75. The van der Waals surface area contributed by atoms with Crippen molar-refractivity contribution in [1.82, 2.24) is 5.32 Å². The molecule has 3 rings (SSSR count). The molecule has 0 aliphatic heterocycles. The van der Waals surface area contributed by atoms with E-state index in [-0.39, 0.29) is 5.75 Å². The Morgan fingerprint density at radius 3 is 2.19 bits per heavy atom. The molecule has 3 aromatic rings. The van der Waals surface area contributed by atoms with Gasteiger partial charge in [0.2, 0.25) is 5.91 Å². The van der Waals surface area contributed by atoms with Gasteiger partial charge in [-0.05, 0) is 42.8 Å². The Labute approximate surface area is 184 Å². The van der Waals surface area contributed by atoms with Crippen LogP contribution in [0.3, 0.4) is 0 Å². The fraction of sp³-hybridized carbons (Fsp3) is 0.167. The minimum Gasteiger partial charge on any atom is -0.435 e. The first kappa shape index (κ1) is 22.7. The standard InChI is InChI=1S/C24H23F2N3O3/c1-16(27-24(31)29-19-10-6-3-7-11-19)22(30)28-20-12-13-21(32-23(25)26)18(15-20)14-17-8-4-2-5-9-17/h2-13,15-16,23H,14H2,1H3,(H,28,30)(H2,27,29,31). The van der Waals surface area contributed by atoms with Crippen LogP contribution in [0.5, 0.6) is 5.75 Å². The summed E-state index contributed by atoms with van der Waals surface area (Å²) in [6.45, 7) is -1.42. The van der Waals surface area contributed by atoms with Crippen LogP contribution in [-0.4, -0.2) is 24.6 Å². The minimum atomic E-state index is -2.96. The monoisotopic (exact) mass is 439 g/mol. The average molecular weight is 439 g/mol. The van der Waals surface area contributed by atoms with Crippen molar-refractivity contribution in [2.45, 2.75) is 26.0 Å². The third-order valence-corrected chi connectivity index (χ3v) is 4.55. The Morgan fingerprint density at radius 2 is 1.53 bits per heavy atom. The van der Waals surface area contributed by atoms with Crippen LogP contribution in [0.4, 0.5) is 25.0 Å². The van der Waals surface area contributed by atoms with Gasteiger partial charge < -0.3 is 20.7 Å². The van der Waals surface area contributed by atoms with Crippen molar-refractivity contribution in [1.29, 1.82) is 0 Å². The molecule has 0 aromatic heterocycles. The number of carbonyl (C=O) groups excluding carboxylic acids is 2. The fourth-order valence-corrected chi connectivity index (χ4v) is 3.02. The van der Waals surface area contributed by atoms with E-state index < -0.39 is 24.6 Å². The van der Waals surface area contributed by atoms with Crippen LogP contribution in [0.15, 0.2) is 78.9 Å². The summed E-state index contributed by atoms with van der Waals surface area (Å²) in [5.74, 6) is -0.420. The maximum absolute atomic E-state index is 12.8. The van der Waals surface area contributed by atoms with Crippen LogP contribution in [-0.2, 0) is 11.2 Å². The summed E-state index contributed by atoms with van der Waals surface area (Å²) in [7, 11) is 0. The number of amides is 3. The van der Waals surface area contributed by atoms with Crippen molar-refractivity contribution in [2.24, 2.45) is 0 Å². The predicted octanol–water partition coefficient (Wildman–Crippen LogP) is 5.03. The predicted molar refractivity (Wildman–Crippen MR) is 119 cm³/mol. The summed E-state index contributed by atoms with van der Waals surface area (Å²) in [5.41, 5.74) is 2.40. The number of nitrogens with one attached hydrogen (secondary N) is 3. The average Bonchev–Trinajstić information content (AvgIpc) is 2.76. The van der Waals surface area contributed by atoms with E-state index in [1.807, 2.05) is 36.4 Å². The summed E-state index contributed by atoms with van der Waals surface area (Å²) in [5, 5.41) is 7.88. The van der Waals surface area contributed by atoms with Gasteiger partial charge in [0.05, 0.1) is 0 Å². The Balaban J connectivity index is 1.66. The first-order valence-corrected chi connectivity index (χ1v) is 9.96. The molecule has 0 spiro atoms. The number of para-hydroxylation sites is 1. The first-order valence-electron chi connectivity index (χ1n) is 9.96. The molecule has 0 saturated carbocycles. The molecule has 0 bridgehead atoms. The lowest BCUT2D eigenvalue weighted by Crippen LogP contribution is -2.43. The molecular weight excluding hydrogens is 416 g/mol.